The van der Waals surface area contributed by atoms with Crippen LogP contribution >= 0.6 is 11.3 Å². The Kier molecular flexibility index (Phi) is 4.57. The van der Waals surface area contributed by atoms with Crippen LogP contribution in [0.5, 0.6) is 11.5 Å². The number of carbonyl (C=O) groups is 1. The third-order valence-electron chi connectivity index (χ3n) is 4.74. The Morgan fingerprint density at radius 3 is 2.83 bits per heavy atom. The van der Waals surface area contributed by atoms with E-state index in [4.69, 9.17) is 9.47 Å². The molecular formula is C22H17N3O3S. The highest BCUT2D eigenvalue weighted by Crippen LogP contribution is 2.33. The van der Waals surface area contributed by atoms with E-state index in [9.17, 15) is 4.79 Å². The van der Waals surface area contributed by atoms with Crippen molar-refractivity contribution in [2.45, 2.75) is 13.1 Å². The Labute approximate surface area is 171 Å². The average molecular weight is 403 g/mol. The van der Waals surface area contributed by atoms with E-state index in [1.54, 1.807) is 17.3 Å². The minimum Gasteiger partial charge on any atom is -0.454 e. The molecule has 1 amide bonds. The molecule has 0 aliphatic carbocycles. The van der Waals surface area contributed by atoms with Crippen molar-refractivity contribution in [2.75, 3.05) is 6.79 Å². The lowest BCUT2D eigenvalue weighted by Crippen LogP contribution is -2.30. The maximum absolute atomic E-state index is 13.4. The summed E-state index contributed by atoms with van der Waals surface area (Å²) in [5.74, 6) is 1.35. The molecule has 0 radical (unpaired) electrons. The fraction of sp³-hybridized carbons (Fsp3) is 0.136. The Morgan fingerprint density at radius 2 is 1.93 bits per heavy atom. The van der Waals surface area contributed by atoms with Crippen LogP contribution in [0.4, 0.5) is 0 Å². The first-order valence-corrected chi connectivity index (χ1v) is 10.1. The number of ether oxygens (including phenoxy) is 2. The molecule has 0 unspecified atom stereocenters. The van der Waals surface area contributed by atoms with Crippen molar-refractivity contribution in [1.29, 1.82) is 0 Å². The van der Waals surface area contributed by atoms with Gasteiger partial charge in [0.25, 0.3) is 5.91 Å². The molecule has 1 aliphatic heterocycles. The summed E-state index contributed by atoms with van der Waals surface area (Å²) in [6.45, 7) is 1.09. The van der Waals surface area contributed by atoms with Crippen LogP contribution in [0.2, 0.25) is 0 Å². The molecule has 0 spiro atoms. The third kappa shape index (κ3) is 3.64. The smallest absolute Gasteiger partial charge is 0.256 e. The average Bonchev–Trinajstić information content (AvgIpc) is 3.44. The van der Waals surface area contributed by atoms with Crippen LogP contribution in [-0.4, -0.2) is 27.6 Å². The van der Waals surface area contributed by atoms with Crippen molar-refractivity contribution in [3.8, 4) is 11.5 Å². The highest BCUT2D eigenvalue weighted by molar-refractivity contribution is 7.09. The molecule has 4 aromatic rings. The van der Waals surface area contributed by atoms with Gasteiger partial charge in [0.1, 0.15) is 5.01 Å². The van der Waals surface area contributed by atoms with Crippen LogP contribution in [0.1, 0.15) is 20.9 Å². The molecular weight excluding hydrogens is 386 g/mol. The van der Waals surface area contributed by atoms with Gasteiger partial charge in [-0.2, -0.15) is 0 Å². The van der Waals surface area contributed by atoms with Crippen molar-refractivity contribution in [3.05, 3.63) is 82.4 Å². The molecule has 0 saturated carbocycles. The summed E-state index contributed by atoms with van der Waals surface area (Å²) >= 11 is 1.53. The zero-order valence-corrected chi connectivity index (χ0v) is 16.3. The Morgan fingerprint density at radius 1 is 1.03 bits per heavy atom. The molecule has 0 bridgehead atoms. The first-order chi connectivity index (χ1) is 14.3. The lowest BCUT2D eigenvalue weighted by molar-refractivity contribution is 0.0729. The van der Waals surface area contributed by atoms with Crippen molar-refractivity contribution >= 4 is 28.1 Å². The van der Waals surface area contributed by atoms with Gasteiger partial charge in [-0.15, -0.1) is 11.3 Å². The van der Waals surface area contributed by atoms with Crippen LogP contribution < -0.4 is 9.47 Å². The maximum atomic E-state index is 13.4. The standard InChI is InChI=1S/C22H17N3O3S/c26-22(17-10-16-3-1-2-4-18(16)24-11-17)25(13-21-23-7-8-29-21)12-15-5-6-19-20(9-15)28-14-27-19/h1-11H,12-14H2. The third-order valence-corrected chi connectivity index (χ3v) is 5.51. The van der Waals surface area contributed by atoms with Gasteiger partial charge in [0, 0.05) is 29.7 Å². The monoisotopic (exact) mass is 403 g/mol. The number of hydrogen-bond acceptors (Lipinski definition) is 6. The fourth-order valence-corrected chi connectivity index (χ4v) is 3.95. The zero-order chi connectivity index (χ0) is 19.6. The Balaban J connectivity index is 1.46. The molecule has 5 rings (SSSR count). The SMILES string of the molecule is O=C(c1cnc2ccccc2c1)N(Cc1ccc2c(c1)OCO2)Cc1nccs1. The second kappa shape index (κ2) is 7.52. The molecule has 3 heterocycles. The minimum absolute atomic E-state index is 0.0869. The van der Waals surface area contributed by atoms with Gasteiger partial charge in [-0.25, -0.2) is 4.98 Å². The van der Waals surface area contributed by atoms with E-state index in [1.165, 1.54) is 11.3 Å². The normalized spacial score (nSPS) is 12.3. The summed E-state index contributed by atoms with van der Waals surface area (Å²) in [5.41, 5.74) is 2.39. The number of para-hydroxylation sites is 1. The number of benzene rings is 2. The van der Waals surface area contributed by atoms with Crippen LogP contribution in [0, 0.1) is 0 Å². The molecule has 0 atom stereocenters. The van der Waals surface area contributed by atoms with E-state index in [1.807, 2.05) is 53.9 Å². The second-order valence-corrected chi connectivity index (χ2v) is 7.67. The molecule has 6 nitrogen and oxygen atoms in total. The zero-order valence-electron chi connectivity index (χ0n) is 15.4. The fourth-order valence-electron chi connectivity index (χ4n) is 3.32. The van der Waals surface area contributed by atoms with Gasteiger partial charge >= 0.3 is 0 Å². The minimum atomic E-state index is -0.0869. The summed E-state index contributed by atoms with van der Waals surface area (Å²) in [6.07, 6.45) is 3.39. The van der Waals surface area contributed by atoms with Crippen molar-refractivity contribution < 1.29 is 14.3 Å². The Bertz CT molecular complexity index is 1180. The van der Waals surface area contributed by atoms with Crippen LogP contribution in [0.3, 0.4) is 0 Å². The summed E-state index contributed by atoms with van der Waals surface area (Å²) in [5, 5.41) is 3.74. The number of aromatic nitrogens is 2. The van der Waals surface area contributed by atoms with Gasteiger partial charge in [-0.1, -0.05) is 24.3 Å². The summed E-state index contributed by atoms with van der Waals surface area (Å²) in [4.78, 5) is 23.9. The van der Waals surface area contributed by atoms with Crippen LogP contribution in [0.25, 0.3) is 10.9 Å². The van der Waals surface area contributed by atoms with E-state index in [2.05, 4.69) is 9.97 Å². The van der Waals surface area contributed by atoms with E-state index in [0.29, 0.717) is 24.4 Å². The number of thiazole rings is 1. The molecule has 0 N–H and O–H groups in total. The lowest BCUT2D eigenvalue weighted by Gasteiger charge is -2.22. The van der Waals surface area contributed by atoms with Gasteiger partial charge in [-0.05, 0) is 29.8 Å². The summed E-state index contributed by atoms with van der Waals surface area (Å²) < 4.78 is 10.9. The van der Waals surface area contributed by atoms with E-state index in [0.717, 1.165) is 27.2 Å². The van der Waals surface area contributed by atoms with Gasteiger partial charge in [0.15, 0.2) is 11.5 Å². The van der Waals surface area contributed by atoms with Gasteiger partial charge in [0.05, 0.1) is 17.6 Å². The van der Waals surface area contributed by atoms with Crippen molar-refractivity contribution in [3.63, 3.8) is 0 Å². The molecule has 2 aromatic heterocycles. The number of rotatable bonds is 5. The summed E-state index contributed by atoms with van der Waals surface area (Å²) in [7, 11) is 0. The van der Waals surface area contributed by atoms with Gasteiger partial charge in [-0.3, -0.25) is 9.78 Å². The predicted molar refractivity (Wildman–Crippen MR) is 110 cm³/mol. The number of nitrogens with zero attached hydrogens (tertiary/aromatic N) is 3. The molecule has 0 fully saturated rings. The predicted octanol–water partition coefficient (Wildman–Crippen LogP) is 4.26. The van der Waals surface area contributed by atoms with Gasteiger partial charge in [0.2, 0.25) is 6.79 Å². The highest BCUT2D eigenvalue weighted by atomic mass is 32.1. The second-order valence-electron chi connectivity index (χ2n) is 6.69. The number of hydrogen-bond donors (Lipinski definition) is 0. The van der Waals surface area contributed by atoms with Crippen LogP contribution in [-0.2, 0) is 13.1 Å². The quantitative estimate of drug-likeness (QED) is 0.498. The molecule has 1 aliphatic rings. The highest BCUT2D eigenvalue weighted by Gasteiger charge is 2.20. The number of amides is 1. The molecule has 2 aromatic carbocycles. The maximum Gasteiger partial charge on any atom is 0.256 e. The first kappa shape index (κ1) is 17.6. The number of pyridine rings is 1. The molecule has 144 valence electrons. The van der Waals surface area contributed by atoms with Gasteiger partial charge < -0.3 is 14.4 Å². The topological polar surface area (TPSA) is 64.6 Å². The Hall–Kier alpha value is -3.45. The molecule has 29 heavy (non-hydrogen) atoms. The molecule has 0 saturated heterocycles. The van der Waals surface area contributed by atoms with E-state index < -0.39 is 0 Å². The number of carbonyl (C=O) groups excluding carboxylic acids is 1. The summed E-state index contributed by atoms with van der Waals surface area (Å²) in [6, 6.07) is 15.4. The first-order valence-electron chi connectivity index (χ1n) is 9.17. The number of fused-ring (bicyclic) bond motifs is 2. The van der Waals surface area contributed by atoms with Crippen molar-refractivity contribution in [2.24, 2.45) is 0 Å². The van der Waals surface area contributed by atoms with Crippen LogP contribution in [0.15, 0.2) is 66.3 Å². The lowest BCUT2D eigenvalue weighted by atomic mass is 10.1. The van der Waals surface area contributed by atoms with Crippen molar-refractivity contribution in [1.82, 2.24) is 14.9 Å². The van der Waals surface area contributed by atoms with E-state index >= 15 is 0 Å². The molecule has 7 heteroatoms. The largest absolute Gasteiger partial charge is 0.454 e. The van der Waals surface area contributed by atoms with E-state index in [-0.39, 0.29) is 12.7 Å².